The largest absolute Gasteiger partial charge is 0.499 e. The van der Waals surface area contributed by atoms with E-state index in [0.717, 1.165) is 17.0 Å². The van der Waals surface area contributed by atoms with Crippen molar-refractivity contribution in [2.45, 2.75) is 55.4 Å². The lowest BCUT2D eigenvalue weighted by Crippen LogP contribution is -2.70. The molecule has 2 amide bonds. The summed E-state index contributed by atoms with van der Waals surface area (Å²) in [5.74, 6) is -1.35. The first kappa shape index (κ1) is 28.7. The highest BCUT2D eigenvalue weighted by Crippen LogP contribution is 2.52. The van der Waals surface area contributed by atoms with E-state index in [1.807, 2.05) is 5.32 Å². The minimum Gasteiger partial charge on any atom is -0.444 e. The van der Waals surface area contributed by atoms with E-state index in [1.54, 1.807) is 43.3 Å². The Kier molecular flexibility index (Phi) is 7.18. The van der Waals surface area contributed by atoms with E-state index in [9.17, 15) is 28.1 Å². The molecule has 4 rings (SSSR count). The van der Waals surface area contributed by atoms with Crippen LogP contribution in [0.2, 0.25) is 0 Å². The Morgan fingerprint density at radius 2 is 1.62 bits per heavy atom. The molecule has 0 aromatic heterocycles. The molecule has 0 fully saturated rings. The van der Waals surface area contributed by atoms with Gasteiger partial charge in [-0.05, 0) is 51.5 Å². The number of rotatable bonds is 7. The number of nitrogens with zero attached hydrogens (tertiary/aromatic N) is 2. The molecule has 1 aliphatic heterocycles. The third-order valence-corrected chi connectivity index (χ3v) is 8.45. The number of nitrogens with one attached hydrogen (secondary N) is 1. The highest BCUT2D eigenvalue weighted by Gasteiger charge is 2.81. The van der Waals surface area contributed by atoms with Crippen LogP contribution < -0.4 is 10.2 Å². The fourth-order valence-corrected chi connectivity index (χ4v) is 6.36. The van der Waals surface area contributed by atoms with Crippen LogP contribution in [0.5, 0.6) is 0 Å². The maximum Gasteiger partial charge on any atom is 0.499 e. The van der Waals surface area contributed by atoms with Crippen molar-refractivity contribution >= 4 is 27.5 Å². The zero-order valence-electron chi connectivity index (χ0n) is 22.3. The van der Waals surface area contributed by atoms with Crippen LogP contribution in [-0.2, 0) is 31.5 Å². The number of alkyl carbamates (subject to hydrolysis) is 1. The maximum atomic E-state index is 17.5. The lowest BCUT2D eigenvalue weighted by atomic mass is 9.88. The van der Waals surface area contributed by atoms with Gasteiger partial charge in [-0.2, -0.15) is 0 Å². The van der Waals surface area contributed by atoms with Gasteiger partial charge in [-0.25, -0.2) is 13.2 Å². The van der Waals surface area contributed by atoms with E-state index in [4.69, 9.17) is 4.74 Å². The zero-order valence-corrected chi connectivity index (χ0v) is 23.1. The minimum absolute atomic E-state index is 0.00245. The molecular formula is C28H28FN3O7S. The van der Waals surface area contributed by atoms with Gasteiger partial charge >= 0.3 is 11.2 Å². The fourth-order valence-electron chi connectivity index (χ4n) is 4.68. The number of ether oxygens (including phenoxy) is 1. The number of alkyl halides is 1. The SMILES string of the molecule is Cc1ccc2c(c1)[C@@](NC(=O)OC(C)(C)C)(C(F)([N+](=O)[O-])S(=O)(=O)c1ccccc1)C(=O)N2Cc1ccccc1. The predicted octanol–water partition coefficient (Wildman–Crippen LogP) is 4.64. The summed E-state index contributed by atoms with van der Waals surface area (Å²) in [4.78, 5) is 38.8. The average Bonchev–Trinajstić information content (AvgIpc) is 3.10. The van der Waals surface area contributed by atoms with Gasteiger partial charge in [0.2, 0.25) is 0 Å². The van der Waals surface area contributed by atoms with Crippen LogP contribution in [0, 0.1) is 17.0 Å². The number of halogens is 1. The molecule has 1 unspecified atom stereocenters. The molecule has 210 valence electrons. The normalized spacial score (nSPS) is 18.5. The van der Waals surface area contributed by atoms with Crippen molar-refractivity contribution in [3.8, 4) is 0 Å². The summed E-state index contributed by atoms with van der Waals surface area (Å²) >= 11 is 0. The number of anilines is 1. The third-order valence-electron chi connectivity index (χ3n) is 6.39. The van der Waals surface area contributed by atoms with Crippen LogP contribution in [0.1, 0.15) is 37.5 Å². The molecule has 12 heteroatoms. The number of sulfone groups is 1. The van der Waals surface area contributed by atoms with Gasteiger partial charge in [0.1, 0.15) is 5.60 Å². The first-order valence-corrected chi connectivity index (χ1v) is 13.7. The summed E-state index contributed by atoms with van der Waals surface area (Å²) in [6, 6.07) is 18.7. The van der Waals surface area contributed by atoms with Crippen LogP contribution in [0.3, 0.4) is 0 Å². The van der Waals surface area contributed by atoms with Crippen molar-refractivity contribution in [2.24, 2.45) is 0 Å². The smallest absolute Gasteiger partial charge is 0.444 e. The molecule has 0 radical (unpaired) electrons. The Hall–Kier alpha value is -4.32. The quantitative estimate of drug-likeness (QED) is 0.249. The number of amides is 2. The second-order valence-corrected chi connectivity index (χ2v) is 12.4. The Morgan fingerprint density at radius 3 is 2.17 bits per heavy atom. The Bertz CT molecular complexity index is 1580. The number of carbonyl (C=O) groups excluding carboxylic acids is 2. The van der Waals surface area contributed by atoms with Crippen LogP contribution in [-0.4, -0.2) is 36.1 Å². The predicted molar refractivity (Wildman–Crippen MR) is 144 cm³/mol. The summed E-state index contributed by atoms with van der Waals surface area (Å²) in [6.07, 6.45) is -1.41. The maximum absolute atomic E-state index is 17.5. The molecule has 10 nitrogen and oxygen atoms in total. The molecule has 1 aliphatic rings. The molecule has 3 aromatic rings. The highest BCUT2D eigenvalue weighted by molar-refractivity contribution is 7.92. The number of aryl methyl sites for hydroxylation is 1. The number of hydrogen-bond acceptors (Lipinski definition) is 7. The molecule has 0 bridgehead atoms. The summed E-state index contributed by atoms with van der Waals surface area (Å²) in [5.41, 5.74) is -3.90. The van der Waals surface area contributed by atoms with Crippen LogP contribution >= 0.6 is 0 Å². The summed E-state index contributed by atoms with van der Waals surface area (Å²) in [5, 5.41) is 10.1. The average molecular weight is 570 g/mol. The summed E-state index contributed by atoms with van der Waals surface area (Å²) in [7, 11) is -5.60. The standard InChI is InChI=1S/C28H28FN3O7S/c1-19-15-16-23-22(17-19)27(30-25(34)39-26(2,3)4,24(33)31(23)18-20-11-7-5-8-12-20)28(29,32(35)36)40(37,38)21-13-9-6-10-14-21/h5-17H,18H2,1-4H3,(H,30,34)/t27-,28?/m0/s1. The van der Waals surface area contributed by atoms with E-state index in [0.29, 0.717) is 11.1 Å². The van der Waals surface area contributed by atoms with Gasteiger partial charge in [0, 0.05) is 5.56 Å². The number of hydrogen-bond donors (Lipinski definition) is 1. The number of fused-ring (bicyclic) bond motifs is 1. The van der Waals surface area contributed by atoms with Crippen molar-refractivity contribution in [3.63, 3.8) is 0 Å². The Labute approximate surface area is 230 Å². The lowest BCUT2D eigenvalue weighted by Gasteiger charge is -2.35. The molecule has 0 spiro atoms. The molecule has 1 heterocycles. The van der Waals surface area contributed by atoms with Crippen molar-refractivity contribution in [1.82, 2.24) is 5.32 Å². The van der Waals surface area contributed by atoms with Gasteiger partial charge in [-0.15, -0.1) is 4.39 Å². The van der Waals surface area contributed by atoms with E-state index >= 15 is 4.39 Å². The van der Waals surface area contributed by atoms with Gasteiger partial charge in [0.15, 0.2) is 0 Å². The Morgan fingerprint density at radius 1 is 1.05 bits per heavy atom. The topological polar surface area (TPSA) is 136 Å². The van der Waals surface area contributed by atoms with E-state index < -0.39 is 53.5 Å². The second kappa shape index (κ2) is 10.0. The minimum atomic E-state index is -5.60. The van der Waals surface area contributed by atoms with Crippen LogP contribution in [0.4, 0.5) is 14.9 Å². The van der Waals surface area contributed by atoms with Gasteiger partial charge in [0.25, 0.3) is 21.3 Å². The second-order valence-electron chi connectivity index (χ2n) is 10.4. The lowest BCUT2D eigenvalue weighted by molar-refractivity contribution is -0.585. The van der Waals surface area contributed by atoms with Crippen LogP contribution in [0.15, 0.2) is 83.8 Å². The third kappa shape index (κ3) is 4.57. The molecule has 40 heavy (non-hydrogen) atoms. The van der Waals surface area contributed by atoms with E-state index in [1.165, 1.54) is 51.1 Å². The summed E-state index contributed by atoms with van der Waals surface area (Å²) < 4.78 is 50.5. The Balaban J connectivity index is 2.07. The van der Waals surface area contributed by atoms with Gasteiger partial charge in [-0.3, -0.25) is 20.2 Å². The molecule has 3 aromatic carbocycles. The fraction of sp³-hybridized carbons (Fsp3) is 0.286. The molecule has 0 saturated heterocycles. The molecular weight excluding hydrogens is 541 g/mol. The van der Waals surface area contributed by atoms with Crippen molar-refractivity contribution < 1.29 is 32.1 Å². The number of benzene rings is 3. The first-order valence-electron chi connectivity index (χ1n) is 12.3. The molecule has 2 atom stereocenters. The number of nitro groups is 1. The number of carbonyl (C=O) groups is 2. The van der Waals surface area contributed by atoms with Gasteiger partial charge in [-0.1, -0.05) is 66.2 Å². The molecule has 0 aliphatic carbocycles. The monoisotopic (exact) mass is 569 g/mol. The van der Waals surface area contributed by atoms with E-state index in [2.05, 4.69) is 0 Å². The van der Waals surface area contributed by atoms with Crippen molar-refractivity contribution in [1.29, 1.82) is 0 Å². The molecule has 0 saturated carbocycles. The van der Waals surface area contributed by atoms with Gasteiger partial charge in [0.05, 0.1) is 22.1 Å². The van der Waals surface area contributed by atoms with Gasteiger partial charge < -0.3 is 9.64 Å². The zero-order chi connectivity index (χ0) is 29.5. The van der Waals surface area contributed by atoms with E-state index in [-0.39, 0.29) is 12.2 Å². The van der Waals surface area contributed by atoms with Crippen molar-refractivity contribution in [2.75, 3.05) is 4.90 Å². The van der Waals surface area contributed by atoms with Crippen molar-refractivity contribution in [3.05, 3.63) is 106 Å². The van der Waals surface area contributed by atoms with Crippen LogP contribution in [0.25, 0.3) is 0 Å². The first-order chi connectivity index (χ1) is 18.6. The highest BCUT2D eigenvalue weighted by atomic mass is 32.2. The summed E-state index contributed by atoms with van der Waals surface area (Å²) in [6.45, 7) is 5.87. The molecule has 1 N–H and O–H groups in total.